The summed E-state index contributed by atoms with van der Waals surface area (Å²) >= 11 is 3.35. The Kier molecular flexibility index (Phi) is 4.66. The lowest BCUT2D eigenvalue weighted by Gasteiger charge is -2.40. The zero-order valence-electron chi connectivity index (χ0n) is 12.1. The number of nitrogens with zero attached hydrogens (tertiary/aromatic N) is 1. The van der Waals surface area contributed by atoms with Crippen molar-refractivity contribution < 1.29 is 20.1 Å². The van der Waals surface area contributed by atoms with E-state index in [9.17, 15) is 20.1 Å². The topological polar surface area (TPSA) is 81.0 Å². The van der Waals surface area contributed by atoms with E-state index in [0.29, 0.717) is 31.4 Å². The lowest BCUT2D eigenvalue weighted by atomic mass is 9.89. The normalized spacial score (nSPS) is 35.4. The number of benzene rings is 1. The van der Waals surface area contributed by atoms with Crippen LogP contribution in [0.15, 0.2) is 28.7 Å². The van der Waals surface area contributed by atoms with Gasteiger partial charge in [0.25, 0.3) is 0 Å². The van der Waals surface area contributed by atoms with Crippen molar-refractivity contribution in [1.29, 1.82) is 0 Å². The summed E-state index contributed by atoms with van der Waals surface area (Å²) in [6.07, 6.45) is -0.873. The van der Waals surface area contributed by atoms with Crippen LogP contribution >= 0.6 is 15.9 Å². The number of halogens is 1. The number of hydrogen-bond acceptors (Lipinski definition) is 5. The maximum absolute atomic E-state index is 12.4. The molecule has 3 rings (SSSR count). The van der Waals surface area contributed by atoms with E-state index < -0.39 is 24.4 Å². The molecular weight excluding hydrogens is 350 g/mol. The number of fused-ring (bicyclic) bond motifs is 1. The quantitative estimate of drug-likeness (QED) is 0.691. The summed E-state index contributed by atoms with van der Waals surface area (Å²) in [5.74, 6) is 0.0449. The number of carbonyl (C=O) groups is 1. The highest BCUT2D eigenvalue weighted by Crippen LogP contribution is 2.33. The Morgan fingerprint density at radius 1 is 1.14 bits per heavy atom. The van der Waals surface area contributed by atoms with Crippen molar-refractivity contribution in [1.82, 2.24) is 4.90 Å². The standard InChI is InChI=1S/C16H20BrNO4/c17-10-3-1-9(2-4-10)13(20)7-11-5-6-12(19)15-16(22)14(21)8-18(11)15/h1-4,11-12,14-16,19,21-22H,5-8H2/t11-,12+,14+,15+,16+/m0/s1. The summed E-state index contributed by atoms with van der Waals surface area (Å²) in [6.45, 7) is 0.307. The van der Waals surface area contributed by atoms with Crippen LogP contribution < -0.4 is 0 Å². The summed E-state index contributed by atoms with van der Waals surface area (Å²) in [5, 5.41) is 29.9. The first-order chi connectivity index (χ1) is 10.5. The Morgan fingerprint density at radius 2 is 1.82 bits per heavy atom. The second-order valence-electron chi connectivity index (χ2n) is 6.18. The van der Waals surface area contributed by atoms with Gasteiger partial charge >= 0.3 is 0 Å². The predicted molar refractivity (Wildman–Crippen MR) is 84.6 cm³/mol. The van der Waals surface area contributed by atoms with Crippen molar-refractivity contribution in [3.8, 4) is 0 Å². The molecule has 5 atom stereocenters. The molecule has 0 aromatic heterocycles. The fraction of sp³-hybridized carbons (Fsp3) is 0.562. The largest absolute Gasteiger partial charge is 0.391 e. The summed E-state index contributed by atoms with van der Waals surface area (Å²) in [4.78, 5) is 14.3. The highest BCUT2D eigenvalue weighted by atomic mass is 79.9. The van der Waals surface area contributed by atoms with Crippen LogP contribution in [0, 0.1) is 0 Å². The first-order valence-electron chi connectivity index (χ1n) is 7.56. The minimum Gasteiger partial charge on any atom is -0.391 e. The molecule has 1 aromatic carbocycles. The second-order valence-corrected chi connectivity index (χ2v) is 7.09. The van der Waals surface area contributed by atoms with E-state index in [2.05, 4.69) is 15.9 Å². The zero-order chi connectivity index (χ0) is 15.9. The van der Waals surface area contributed by atoms with Crippen LogP contribution in [0.3, 0.4) is 0 Å². The molecule has 22 heavy (non-hydrogen) atoms. The number of Topliss-reactive ketones (excluding diaryl/α,β-unsaturated/α-hetero) is 1. The molecule has 2 aliphatic rings. The molecule has 2 heterocycles. The molecule has 120 valence electrons. The van der Waals surface area contributed by atoms with Crippen molar-refractivity contribution in [3.05, 3.63) is 34.3 Å². The van der Waals surface area contributed by atoms with Gasteiger partial charge in [-0.1, -0.05) is 28.1 Å². The smallest absolute Gasteiger partial charge is 0.164 e. The van der Waals surface area contributed by atoms with Crippen LogP contribution in [0.2, 0.25) is 0 Å². The van der Waals surface area contributed by atoms with Crippen molar-refractivity contribution in [2.24, 2.45) is 0 Å². The fourth-order valence-corrected chi connectivity index (χ4v) is 3.86. The number of rotatable bonds is 3. The summed E-state index contributed by atoms with van der Waals surface area (Å²) in [7, 11) is 0. The summed E-state index contributed by atoms with van der Waals surface area (Å²) in [6, 6.07) is 6.74. The average Bonchev–Trinajstić information content (AvgIpc) is 2.79. The number of ketones is 1. The molecule has 0 radical (unpaired) electrons. The lowest BCUT2D eigenvalue weighted by molar-refractivity contribution is -0.0453. The molecule has 0 aliphatic carbocycles. The van der Waals surface area contributed by atoms with E-state index in [0.717, 1.165) is 4.47 Å². The first kappa shape index (κ1) is 16.1. The van der Waals surface area contributed by atoms with E-state index in [1.807, 2.05) is 17.0 Å². The lowest BCUT2D eigenvalue weighted by Crippen LogP contribution is -2.53. The van der Waals surface area contributed by atoms with Crippen LogP contribution in [-0.4, -0.2) is 62.9 Å². The minimum atomic E-state index is -0.944. The van der Waals surface area contributed by atoms with Crippen molar-refractivity contribution in [3.63, 3.8) is 0 Å². The van der Waals surface area contributed by atoms with E-state index in [-0.39, 0.29) is 11.8 Å². The van der Waals surface area contributed by atoms with Gasteiger partial charge in [-0.15, -0.1) is 0 Å². The van der Waals surface area contributed by atoms with E-state index in [4.69, 9.17) is 0 Å². The van der Waals surface area contributed by atoms with Gasteiger partial charge in [0.1, 0.15) is 0 Å². The number of aliphatic hydroxyl groups excluding tert-OH is 3. The number of carbonyl (C=O) groups excluding carboxylic acids is 1. The van der Waals surface area contributed by atoms with E-state index in [1.165, 1.54) is 0 Å². The number of hydrogen-bond donors (Lipinski definition) is 3. The molecule has 6 heteroatoms. The Hall–Kier alpha value is -0.790. The third-order valence-electron chi connectivity index (χ3n) is 4.77. The molecule has 3 N–H and O–H groups in total. The van der Waals surface area contributed by atoms with Crippen LogP contribution in [0.25, 0.3) is 0 Å². The third-order valence-corrected chi connectivity index (χ3v) is 5.30. The molecule has 2 fully saturated rings. The maximum atomic E-state index is 12.4. The average molecular weight is 370 g/mol. The zero-order valence-corrected chi connectivity index (χ0v) is 13.7. The number of aliphatic hydroxyl groups is 3. The molecule has 0 bridgehead atoms. The van der Waals surface area contributed by atoms with Crippen LogP contribution in [-0.2, 0) is 0 Å². The SMILES string of the molecule is O=C(C[C@@H]1CC[C@@H](O)[C@@H]2[C@H](O)[C@H](O)CN12)c1ccc(Br)cc1. The Bertz CT molecular complexity index is 550. The third kappa shape index (κ3) is 2.98. The monoisotopic (exact) mass is 369 g/mol. The molecule has 5 nitrogen and oxygen atoms in total. The fourth-order valence-electron chi connectivity index (χ4n) is 3.60. The predicted octanol–water partition coefficient (Wildman–Crippen LogP) is 0.951. The van der Waals surface area contributed by atoms with Gasteiger partial charge in [0.05, 0.1) is 24.4 Å². The molecule has 0 amide bonds. The van der Waals surface area contributed by atoms with Crippen molar-refractivity contribution >= 4 is 21.7 Å². The molecule has 0 spiro atoms. The van der Waals surface area contributed by atoms with E-state index >= 15 is 0 Å². The van der Waals surface area contributed by atoms with Gasteiger partial charge in [-0.3, -0.25) is 9.69 Å². The van der Waals surface area contributed by atoms with Gasteiger partial charge in [0.2, 0.25) is 0 Å². The second kappa shape index (κ2) is 6.37. The van der Waals surface area contributed by atoms with Crippen molar-refractivity contribution in [2.75, 3.05) is 6.54 Å². The van der Waals surface area contributed by atoms with Crippen LogP contribution in [0.4, 0.5) is 0 Å². The van der Waals surface area contributed by atoms with Gasteiger partial charge in [-0.05, 0) is 25.0 Å². The molecule has 0 saturated carbocycles. The maximum Gasteiger partial charge on any atom is 0.164 e. The first-order valence-corrected chi connectivity index (χ1v) is 8.35. The number of piperidine rings is 1. The molecule has 0 unspecified atom stereocenters. The summed E-state index contributed by atoms with van der Waals surface area (Å²) < 4.78 is 0.927. The Balaban J connectivity index is 1.72. The highest BCUT2D eigenvalue weighted by molar-refractivity contribution is 9.10. The van der Waals surface area contributed by atoms with Gasteiger partial charge in [0, 0.05) is 29.0 Å². The molecular formula is C16H20BrNO4. The highest BCUT2D eigenvalue weighted by Gasteiger charge is 2.49. The van der Waals surface area contributed by atoms with Crippen LogP contribution in [0.1, 0.15) is 29.6 Å². The van der Waals surface area contributed by atoms with Gasteiger partial charge in [0.15, 0.2) is 5.78 Å². The Labute approximate surface area is 137 Å². The van der Waals surface area contributed by atoms with Gasteiger partial charge < -0.3 is 15.3 Å². The summed E-state index contributed by atoms with van der Waals surface area (Å²) in [5.41, 5.74) is 0.658. The van der Waals surface area contributed by atoms with Crippen LogP contribution in [0.5, 0.6) is 0 Å². The van der Waals surface area contributed by atoms with E-state index in [1.54, 1.807) is 12.1 Å². The van der Waals surface area contributed by atoms with Gasteiger partial charge in [-0.25, -0.2) is 0 Å². The van der Waals surface area contributed by atoms with Crippen molar-refractivity contribution in [2.45, 2.75) is 49.7 Å². The molecule has 2 aliphatic heterocycles. The molecule has 2 saturated heterocycles. The van der Waals surface area contributed by atoms with Gasteiger partial charge in [-0.2, -0.15) is 0 Å². The molecule has 1 aromatic rings. The minimum absolute atomic E-state index is 0.0449. The Morgan fingerprint density at radius 3 is 2.50 bits per heavy atom.